The van der Waals surface area contributed by atoms with Gasteiger partial charge in [-0.15, -0.1) is 11.3 Å². The Labute approximate surface area is 106 Å². The van der Waals surface area contributed by atoms with E-state index in [9.17, 15) is 0 Å². The van der Waals surface area contributed by atoms with Gasteiger partial charge in [0.05, 0.1) is 0 Å². The van der Waals surface area contributed by atoms with Crippen LogP contribution in [0.25, 0.3) is 0 Å². The molecule has 0 aliphatic heterocycles. The molecule has 3 N–H and O–H groups in total. The van der Waals surface area contributed by atoms with E-state index in [0.717, 1.165) is 25.2 Å². The van der Waals surface area contributed by atoms with Gasteiger partial charge in [0.15, 0.2) is 0 Å². The molecule has 90 valence electrons. The van der Waals surface area contributed by atoms with Gasteiger partial charge in [-0.1, -0.05) is 31.2 Å². The van der Waals surface area contributed by atoms with Crippen molar-refractivity contribution in [3.8, 4) is 0 Å². The lowest BCUT2D eigenvalue weighted by Gasteiger charge is -2.08. The third-order valence-corrected chi connectivity index (χ3v) is 3.82. The number of hydrogen-bond acceptors (Lipinski definition) is 3. The highest BCUT2D eigenvalue weighted by Gasteiger charge is 2.02. The molecule has 0 aliphatic rings. The second kappa shape index (κ2) is 5.84. The van der Waals surface area contributed by atoms with Gasteiger partial charge in [0.2, 0.25) is 0 Å². The zero-order valence-corrected chi connectivity index (χ0v) is 10.9. The fraction of sp³-hybridized carbons (Fsp3) is 0.286. The number of nitrogens with two attached hydrogens (primary N) is 1. The van der Waals surface area contributed by atoms with E-state index in [0.29, 0.717) is 0 Å². The zero-order chi connectivity index (χ0) is 12.1. The van der Waals surface area contributed by atoms with Crippen molar-refractivity contribution >= 4 is 17.0 Å². The van der Waals surface area contributed by atoms with Crippen LogP contribution in [-0.2, 0) is 19.5 Å². The van der Waals surface area contributed by atoms with Crippen LogP contribution in [0.2, 0.25) is 0 Å². The number of hydrogen-bond donors (Lipinski definition) is 2. The molecule has 1 heterocycles. The first-order chi connectivity index (χ1) is 8.31. The summed E-state index contributed by atoms with van der Waals surface area (Å²) in [6.07, 6.45) is 1.08. The second-order valence-electron chi connectivity index (χ2n) is 4.02. The first kappa shape index (κ1) is 12.1. The van der Waals surface area contributed by atoms with Crippen LogP contribution in [0.5, 0.6) is 0 Å². The smallest absolute Gasteiger partial charge is 0.0468 e. The summed E-state index contributed by atoms with van der Waals surface area (Å²) in [5.41, 5.74) is 9.54. The van der Waals surface area contributed by atoms with Crippen molar-refractivity contribution in [2.45, 2.75) is 26.4 Å². The maximum absolute atomic E-state index is 5.85. The Kier molecular flexibility index (Phi) is 4.18. The molecule has 0 unspecified atom stereocenters. The van der Waals surface area contributed by atoms with E-state index >= 15 is 0 Å². The lowest BCUT2D eigenvalue weighted by atomic mass is 10.1. The molecule has 0 saturated carbocycles. The molecule has 0 spiro atoms. The number of thiophene rings is 1. The lowest BCUT2D eigenvalue weighted by molar-refractivity contribution is 0.696. The first-order valence-corrected chi connectivity index (χ1v) is 6.78. The molecule has 0 atom stereocenters. The summed E-state index contributed by atoms with van der Waals surface area (Å²) in [6.45, 7) is 3.94. The quantitative estimate of drug-likeness (QED) is 0.850. The van der Waals surface area contributed by atoms with E-state index in [1.54, 1.807) is 11.3 Å². The van der Waals surface area contributed by atoms with Gasteiger partial charge in [-0.25, -0.2) is 0 Å². The molecule has 0 bridgehead atoms. The summed E-state index contributed by atoms with van der Waals surface area (Å²) < 4.78 is 0. The summed E-state index contributed by atoms with van der Waals surface area (Å²) >= 11 is 1.71. The molecular formula is C14H18N2S. The molecule has 2 aromatic rings. The van der Waals surface area contributed by atoms with Gasteiger partial charge >= 0.3 is 0 Å². The Bertz CT molecular complexity index is 477. The predicted molar refractivity (Wildman–Crippen MR) is 75.1 cm³/mol. The highest BCUT2D eigenvalue weighted by molar-refractivity contribution is 7.10. The molecule has 1 aromatic heterocycles. The van der Waals surface area contributed by atoms with E-state index < -0.39 is 0 Å². The van der Waals surface area contributed by atoms with E-state index in [2.05, 4.69) is 36.5 Å². The number of nitrogen functional groups attached to an aromatic ring is 1. The molecular weight excluding hydrogens is 228 g/mol. The maximum atomic E-state index is 5.85. The highest BCUT2D eigenvalue weighted by atomic mass is 32.1. The molecule has 17 heavy (non-hydrogen) atoms. The fourth-order valence-corrected chi connectivity index (χ4v) is 2.65. The van der Waals surface area contributed by atoms with E-state index in [1.165, 1.54) is 16.0 Å². The van der Waals surface area contributed by atoms with Crippen molar-refractivity contribution in [1.82, 2.24) is 5.32 Å². The lowest BCUT2D eigenvalue weighted by Crippen LogP contribution is -2.13. The average molecular weight is 246 g/mol. The molecule has 0 amide bonds. The number of aryl methyl sites for hydroxylation is 1. The molecule has 3 heteroatoms. The minimum atomic E-state index is 0.849. The van der Waals surface area contributed by atoms with Crippen molar-refractivity contribution in [3.63, 3.8) is 0 Å². The van der Waals surface area contributed by atoms with Crippen molar-refractivity contribution < 1.29 is 0 Å². The summed E-state index contributed by atoms with van der Waals surface area (Å²) in [5.74, 6) is 0. The Hall–Kier alpha value is -1.32. The topological polar surface area (TPSA) is 38.0 Å². The van der Waals surface area contributed by atoms with E-state index in [-0.39, 0.29) is 0 Å². The van der Waals surface area contributed by atoms with Crippen molar-refractivity contribution in [3.05, 3.63) is 51.7 Å². The van der Waals surface area contributed by atoms with Gasteiger partial charge in [-0.3, -0.25) is 0 Å². The van der Waals surface area contributed by atoms with Crippen molar-refractivity contribution in [2.24, 2.45) is 0 Å². The molecule has 2 rings (SSSR count). The number of rotatable bonds is 5. The summed E-state index contributed by atoms with van der Waals surface area (Å²) in [6, 6.07) is 10.5. The minimum Gasteiger partial charge on any atom is -0.398 e. The summed E-state index contributed by atoms with van der Waals surface area (Å²) in [4.78, 5) is 1.22. The van der Waals surface area contributed by atoms with Gasteiger partial charge in [-0.05, 0) is 29.0 Å². The number of anilines is 1. The van der Waals surface area contributed by atoms with Gasteiger partial charge in [-0.2, -0.15) is 0 Å². The third kappa shape index (κ3) is 3.08. The second-order valence-corrected chi connectivity index (χ2v) is 5.03. The zero-order valence-electron chi connectivity index (χ0n) is 10.1. The standard InChI is InChI=1S/C14H18N2S/c1-2-11-5-3-4-6-12(11)9-16-10-14-13(15)7-8-17-14/h3-8,16H,2,9-10,15H2,1H3. The average Bonchev–Trinajstić information content (AvgIpc) is 2.76. The number of nitrogens with one attached hydrogen (secondary N) is 1. The predicted octanol–water partition coefficient (Wildman–Crippen LogP) is 3.18. The highest BCUT2D eigenvalue weighted by Crippen LogP contribution is 2.18. The largest absolute Gasteiger partial charge is 0.398 e. The van der Waals surface area contributed by atoms with Gasteiger partial charge in [0, 0.05) is 23.7 Å². The van der Waals surface area contributed by atoms with Crippen molar-refractivity contribution in [2.75, 3.05) is 5.73 Å². The molecule has 0 saturated heterocycles. The van der Waals surface area contributed by atoms with Crippen molar-refractivity contribution in [1.29, 1.82) is 0 Å². The third-order valence-electron chi connectivity index (χ3n) is 2.88. The molecule has 0 fully saturated rings. The molecule has 0 aliphatic carbocycles. The van der Waals surface area contributed by atoms with Crippen LogP contribution in [-0.4, -0.2) is 0 Å². The van der Waals surface area contributed by atoms with Crippen LogP contribution < -0.4 is 11.1 Å². The monoisotopic (exact) mass is 246 g/mol. The molecule has 0 radical (unpaired) electrons. The van der Waals surface area contributed by atoms with Crippen LogP contribution in [0.1, 0.15) is 22.9 Å². The van der Waals surface area contributed by atoms with Crippen LogP contribution in [0, 0.1) is 0 Å². The Balaban J connectivity index is 1.92. The van der Waals surface area contributed by atoms with E-state index in [1.807, 2.05) is 11.4 Å². The number of benzene rings is 1. The maximum Gasteiger partial charge on any atom is 0.0468 e. The fourth-order valence-electron chi connectivity index (χ4n) is 1.88. The SMILES string of the molecule is CCc1ccccc1CNCc1sccc1N. The van der Waals surface area contributed by atoms with Crippen LogP contribution >= 0.6 is 11.3 Å². The van der Waals surface area contributed by atoms with Gasteiger partial charge in [0.1, 0.15) is 0 Å². The van der Waals surface area contributed by atoms with Crippen LogP contribution in [0.4, 0.5) is 5.69 Å². The molecule has 2 nitrogen and oxygen atoms in total. The normalized spacial score (nSPS) is 10.6. The van der Waals surface area contributed by atoms with Gasteiger partial charge in [0.25, 0.3) is 0 Å². The Morgan fingerprint density at radius 2 is 1.88 bits per heavy atom. The minimum absolute atomic E-state index is 0.849. The molecule has 1 aromatic carbocycles. The van der Waals surface area contributed by atoms with Crippen LogP contribution in [0.15, 0.2) is 35.7 Å². The summed E-state index contributed by atoms with van der Waals surface area (Å²) in [7, 11) is 0. The first-order valence-electron chi connectivity index (χ1n) is 5.90. The Morgan fingerprint density at radius 1 is 1.12 bits per heavy atom. The Morgan fingerprint density at radius 3 is 2.53 bits per heavy atom. The summed E-state index contributed by atoms with van der Waals surface area (Å²) in [5, 5.41) is 5.48. The van der Waals surface area contributed by atoms with E-state index in [4.69, 9.17) is 5.73 Å². The van der Waals surface area contributed by atoms with Gasteiger partial charge < -0.3 is 11.1 Å². The van der Waals surface area contributed by atoms with Crippen LogP contribution in [0.3, 0.4) is 0 Å².